The zero-order valence-corrected chi connectivity index (χ0v) is 9.02. The van der Waals surface area contributed by atoms with Gasteiger partial charge in [0.15, 0.2) is 5.69 Å². The molecular formula is C7H7N7OS. The number of nitrogens with one attached hydrogen (secondary N) is 2. The van der Waals surface area contributed by atoms with Crippen molar-refractivity contribution in [1.82, 2.24) is 25.0 Å². The van der Waals surface area contributed by atoms with Crippen molar-refractivity contribution >= 4 is 28.4 Å². The van der Waals surface area contributed by atoms with Crippen molar-refractivity contribution in [2.45, 2.75) is 0 Å². The van der Waals surface area contributed by atoms with Crippen LogP contribution in [0, 0.1) is 0 Å². The van der Waals surface area contributed by atoms with Gasteiger partial charge in [-0.2, -0.15) is 0 Å². The minimum absolute atomic E-state index is 0.203. The predicted octanol–water partition coefficient (Wildman–Crippen LogP) is 0.0171. The number of anilines is 2. The second-order valence-corrected chi connectivity index (χ2v) is 3.41. The maximum Gasteiger partial charge on any atom is 0.278 e. The van der Waals surface area contributed by atoms with Crippen molar-refractivity contribution in [3.05, 3.63) is 17.8 Å². The van der Waals surface area contributed by atoms with Gasteiger partial charge in [0.1, 0.15) is 5.82 Å². The molecule has 2 aromatic heterocycles. The van der Waals surface area contributed by atoms with Crippen molar-refractivity contribution in [3.63, 3.8) is 0 Å². The van der Waals surface area contributed by atoms with Crippen LogP contribution in [0.4, 0.5) is 10.9 Å². The molecule has 2 N–H and O–H groups in total. The highest BCUT2D eigenvalue weighted by Crippen LogP contribution is 2.07. The number of rotatable bonds is 3. The average molecular weight is 237 g/mol. The molecule has 0 atom stereocenters. The van der Waals surface area contributed by atoms with Gasteiger partial charge in [-0.3, -0.25) is 10.1 Å². The van der Waals surface area contributed by atoms with Gasteiger partial charge < -0.3 is 5.32 Å². The summed E-state index contributed by atoms with van der Waals surface area (Å²) < 4.78 is 3.52. The number of nitrogens with zero attached hydrogens (tertiary/aromatic N) is 5. The van der Waals surface area contributed by atoms with Crippen LogP contribution < -0.4 is 10.6 Å². The summed E-state index contributed by atoms with van der Waals surface area (Å²) in [6.07, 6.45) is 0. The number of aromatic nitrogens is 5. The summed E-state index contributed by atoms with van der Waals surface area (Å²) >= 11 is 0.989. The highest BCUT2D eigenvalue weighted by molar-refractivity contribution is 7.09. The lowest BCUT2D eigenvalue weighted by atomic mass is 10.3. The van der Waals surface area contributed by atoms with Gasteiger partial charge in [0.2, 0.25) is 5.13 Å². The lowest BCUT2D eigenvalue weighted by molar-refractivity contribution is 0.102. The third-order valence-corrected chi connectivity index (χ3v) is 2.18. The van der Waals surface area contributed by atoms with Gasteiger partial charge in [0, 0.05) is 18.6 Å². The van der Waals surface area contributed by atoms with E-state index in [0.29, 0.717) is 10.9 Å². The van der Waals surface area contributed by atoms with Gasteiger partial charge in [-0.05, 0) is 17.3 Å². The quantitative estimate of drug-likeness (QED) is 0.774. The van der Waals surface area contributed by atoms with Crippen LogP contribution in [0.5, 0.6) is 0 Å². The van der Waals surface area contributed by atoms with Gasteiger partial charge in [-0.25, -0.2) is 0 Å². The number of hydrogen-bond acceptors (Lipinski definition) is 8. The van der Waals surface area contributed by atoms with E-state index in [4.69, 9.17) is 0 Å². The second-order valence-electron chi connectivity index (χ2n) is 2.68. The largest absolute Gasteiger partial charge is 0.372 e. The van der Waals surface area contributed by atoms with Gasteiger partial charge in [0.25, 0.3) is 5.91 Å². The molecule has 0 spiro atoms. The summed E-state index contributed by atoms with van der Waals surface area (Å²) in [4.78, 5) is 11.6. The number of carbonyl (C=O) groups excluding carboxylic acids is 1. The summed E-state index contributed by atoms with van der Waals surface area (Å²) in [5.41, 5.74) is 0.203. The maximum absolute atomic E-state index is 11.6. The number of hydrogen-bond donors (Lipinski definition) is 2. The van der Waals surface area contributed by atoms with E-state index in [9.17, 15) is 4.79 Å². The van der Waals surface area contributed by atoms with E-state index >= 15 is 0 Å². The Bertz CT molecular complexity index is 468. The van der Waals surface area contributed by atoms with Crippen LogP contribution in [0.3, 0.4) is 0 Å². The number of carbonyl (C=O) groups is 1. The molecule has 2 aromatic rings. The lowest BCUT2D eigenvalue weighted by Gasteiger charge is -2.00. The third-order valence-electron chi connectivity index (χ3n) is 1.67. The number of amides is 1. The third kappa shape index (κ3) is 2.25. The monoisotopic (exact) mass is 237 g/mol. The second kappa shape index (κ2) is 4.57. The molecule has 82 valence electrons. The topological polar surface area (TPSA) is 106 Å². The van der Waals surface area contributed by atoms with Crippen molar-refractivity contribution in [2.75, 3.05) is 17.7 Å². The minimum Gasteiger partial charge on any atom is -0.372 e. The first-order valence-electron chi connectivity index (χ1n) is 4.27. The molecule has 0 fully saturated rings. The van der Waals surface area contributed by atoms with Crippen LogP contribution in [-0.2, 0) is 0 Å². The standard InChI is InChI=1S/C7H7N7OS/c1-8-5-3-2-4(10-11-5)6(15)9-7-12-13-14-16-7/h2-3H,1H3,(H,8,11)(H,9,12,14,15). The molecule has 0 aliphatic rings. The molecule has 0 saturated carbocycles. The first-order chi connectivity index (χ1) is 7.79. The van der Waals surface area contributed by atoms with E-state index in [2.05, 4.69) is 35.6 Å². The van der Waals surface area contributed by atoms with E-state index < -0.39 is 5.91 Å². The Morgan fingerprint density at radius 1 is 1.31 bits per heavy atom. The molecule has 0 bridgehead atoms. The van der Waals surface area contributed by atoms with E-state index in [0.717, 1.165) is 11.5 Å². The van der Waals surface area contributed by atoms with Crippen molar-refractivity contribution in [1.29, 1.82) is 0 Å². The molecule has 9 heteroatoms. The zero-order chi connectivity index (χ0) is 11.4. The lowest BCUT2D eigenvalue weighted by Crippen LogP contribution is -2.14. The van der Waals surface area contributed by atoms with Crippen LogP contribution in [-0.4, -0.2) is 38.0 Å². The normalized spacial score (nSPS) is 9.81. The summed E-state index contributed by atoms with van der Waals surface area (Å²) in [7, 11) is 1.72. The fourth-order valence-electron chi connectivity index (χ4n) is 0.930. The molecule has 2 rings (SSSR count). The molecule has 2 heterocycles. The minimum atomic E-state index is -0.395. The first kappa shape index (κ1) is 10.4. The first-order valence-corrected chi connectivity index (χ1v) is 5.05. The Balaban J connectivity index is 2.09. The van der Waals surface area contributed by atoms with Crippen LogP contribution >= 0.6 is 11.5 Å². The molecule has 0 unspecified atom stereocenters. The Hall–Kier alpha value is -2.16. The predicted molar refractivity (Wildman–Crippen MR) is 57.2 cm³/mol. The van der Waals surface area contributed by atoms with Crippen molar-refractivity contribution in [3.8, 4) is 0 Å². The van der Waals surface area contributed by atoms with Crippen LogP contribution in [0.1, 0.15) is 10.5 Å². The smallest absolute Gasteiger partial charge is 0.278 e. The van der Waals surface area contributed by atoms with E-state index in [1.807, 2.05) is 0 Å². The molecule has 16 heavy (non-hydrogen) atoms. The Morgan fingerprint density at radius 3 is 2.75 bits per heavy atom. The van der Waals surface area contributed by atoms with Crippen LogP contribution in [0.15, 0.2) is 12.1 Å². The summed E-state index contributed by atoms with van der Waals surface area (Å²) in [5.74, 6) is 0.197. The molecule has 0 radical (unpaired) electrons. The Morgan fingerprint density at radius 2 is 2.19 bits per heavy atom. The molecule has 0 aromatic carbocycles. The van der Waals surface area contributed by atoms with Gasteiger partial charge in [-0.15, -0.1) is 10.2 Å². The van der Waals surface area contributed by atoms with E-state index in [1.54, 1.807) is 19.2 Å². The molecule has 0 aliphatic carbocycles. The summed E-state index contributed by atoms with van der Waals surface area (Å²) in [6.45, 7) is 0. The van der Waals surface area contributed by atoms with Gasteiger partial charge in [0.05, 0.1) is 0 Å². The van der Waals surface area contributed by atoms with Crippen molar-refractivity contribution in [2.24, 2.45) is 0 Å². The highest BCUT2D eigenvalue weighted by atomic mass is 32.1. The maximum atomic E-state index is 11.6. The van der Waals surface area contributed by atoms with Gasteiger partial charge >= 0.3 is 0 Å². The molecular weight excluding hydrogens is 230 g/mol. The highest BCUT2D eigenvalue weighted by Gasteiger charge is 2.10. The fraction of sp³-hybridized carbons (Fsp3) is 0.143. The molecule has 0 aliphatic heterocycles. The van der Waals surface area contributed by atoms with Gasteiger partial charge in [-0.1, -0.05) is 9.59 Å². The molecule has 0 saturated heterocycles. The molecule has 1 amide bonds. The SMILES string of the molecule is CNc1ccc(C(=O)Nc2nnns2)nn1. The van der Waals surface area contributed by atoms with Crippen LogP contribution in [0.2, 0.25) is 0 Å². The van der Waals surface area contributed by atoms with Crippen LogP contribution in [0.25, 0.3) is 0 Å². The van der Waals surface area contributed by atoms with E-state index in [-0.39, 0.29) is 5.69 Å². The zero-order valence-electron chi connectivity index (χ0n) is 8.21. The fourth-order valence-corrected chi connectivity index (χ4v) is 1.29. The summed E-state index contributed by atoms with van der Waals surface area (Å²) in [6, 6.07) is 3.21. The Kier molecular flexibility index (Phi) is 2.96. The molecule has 8 nitrogen and oxygen atoms in total. The van der Waals surface area contributed by atoms with Crippen molar-refractivity contribution < 1.29 is 4.79 Å². The van der Waals surface area contributed by atoms with E-state index in [1.165, 1.54) is 0 Å². The average Bonchev–Trinajstić information content (AvgIpc) is 2.82. The Labute approximate surface area is 94.3 Å². The summed E-state index contributed by atoms with van der Waals surface area (Å²) in [5, 5.41) is 20.1.